The molecule has 1 aliphatic heterocycles. The fourth-order valence-corrected chi connectivity index (χ4v) is 8.77. The van der Waals surface area contributed by atoms with Crippen molar-refractivity contribution in [3.8, 4) is 56.4 Å². The molecule has 0 unspecified atom stereocenters. The third kappa shape index (κ3) is 3.99. The second-order valence-electron chi connectivity index (χ2n) is 13.6. The second kappa shape index (κ2) is 10.7. The van der Waals surface area contributed by atoms with Gasteiger partial charge in [0.1, 0.15) is 23.0 Å². The van der Waals surface area contributed by atoms with Crippen molar-refractivity contribution in [1.29, 1.82) is 0 Å². The molecule has 0 fully saturated rings. The fourth-order valence-electron chi connectivity index (χ4n) is 8.77. The Labute approximate surface area is 295 Å². The lowest BCUT2D eigenvalue weighted by atomic mass is 9.66. The number of benzene rings is 8. The van der Waals surface area contributed by atoms with Crippen molar-refractivity contribution in [3.63, 3.8) is 0 Å². The second-order valence-corrected chi connectivity index (χ2v) is 13.6. The van der Waals surface area contributed by atoms with Gasteiger partial charge in [0.2, 0.25) is 0 Å². The van der Waals surface area contributed by atoms with Crippen LogP contribution in [0.15, 0.2) is 186 Å². The predicted molar refractivity (Wildman–Crippen MR) is 207 cm³/mol. The van der Waals surface area contributed by atoms with Crippen LogP contribution in [0.3, 0.4) is 0 Å². The molecule has 51 heavy (non-hydrogen) atoms. The van der Waals surface area contributed by atoms with Crippen molar-refractivity contribution >= 4 is 21.5 Å². The fraction of sp³-hybridized carbons (Fsp3) is 0.0204. The Hall–Kier alpha value is -6.64. The van der Waals surface area contributed by atoms with Crippen molar-refractivity contribution in [3.05, 3.63) is 204 Å². The van der Waals surface area contributed by atoms with Crippen LogP contribution in [-0.2, 0) is 5.41 Å². The summed E-state index contributed by atoms with van der Waals surface area (Å²) in [5.74, 6) is 3.37. The molecule has 1 aromatic heterocycles. The molecule has 0 saturated carbocycles. The Kier molecular flexibility index (Phi) is 5.91. The zero-order valence-electron chi connectivity index (χ0n) is 27.6. The first kappa shape index (κ1) is 28.2. The van der Waals surface area contributed by atoms with Crippen LogP contribution in [0.2, 0.25) is 0 Å². The highest BCUT2D eigenvalue weighted by Gasteiger charge is 2.50. The zero-order chi connectivity index (χ0) is 33.5. The quantitative estimate of drug-likeness (QED) is 0.178. The van der Waals surface area contributed by atoms with Gasteiger partial charge in [-0.15, -0.1) is 0 Å². The zero-order valence-corrected chi connectivity index (χ0v) is 27.6. The van der Waals surface area contributed by atoms with Crippen molar-refractivity contribution in [1.82, 2.24) is 0 Å². The van der Waals surface area contributed by atoms with Crippen LogP contribution in [0.5, 0.6) is 11.5 Å². The van der Waals surface area contributed by atoms with Crippen LogP contribution >= 0.6 is 0 Å². The first-order valence-corrected chi connectivity index (χ1v) is 17.5. The molecule has 2 heteroatoms. The van der Waals surface area contributed by atoms with Crippen LogP contribution in [-0.4, -0.2) is 0 Å². The third-order valence-electron chi connectivity index (χ3n) is 11.0. The summed E-state index contributed by atoms with van der Waals surface area (Å²) in [6.07, 6.45) is 0. The van der Waals surface area contributed by atoms with E-state index in [4.69, 9.17) is 9.15 Å². The van der Waals surface area contributed by atoms with Gasteiger partial charge in [-0.25, -0.2) is 0 Å². The van der Waals surface area contributed by atoms with Gasteiger partial charge in [0.05, 0.1) is 5.41 Å². The molecular weight excluding hydrogens is 621 g/mol. The normalized spacial score (nSPS) is 13.4. The van der Waals surface area contributed by atoms with Crippen molar-refractivity contribution in [2.45, 2.75) is 5.41 Å². The summed E-state index contributed by atoms with van der Waals surface area (Å²) in [4.78, 5) is 0. The molecule has 0 bridgehead atoms. The van der Waals surface area contributed by atoms with E-state index in [1.54, 1.807) is 0 Å². The van der Waals surface area contributed by atoms with E-state index in [9.17, 15) is 0 Å². The maximum atomic E-state index is 6.72. The Bertz CT molecular complexity index is 2790. The lowest BCUT2D eigenvalue weighted by molar-refractivity contribution is 0.436. The van der Waals surface area contributed by atoms with Gasteiger partial charge >= 0.3 is 0 Å². The number of hydrogen-bond donors (Lipinski definition) is 0. The summed E-state index contributed by atoms with van der Waals surface area (Å²) in [5, 5.41) is 5.07. The van der Waals surface area contributed by atoms with Gasteiger partial charge in [-0.1, -0.05) is 158 Å². The molecule has 9 aromatic rings. The molecule has 0 N–H and O–H groups in total. The van der Waals surface area contributed by atoms with E-state index in [1.807, 2.05) is 0 Å². The Morgan fingerprint density at radius 3 is 1.73 bits per heavy atom. The summed E-state index contributed by atoms with van der Waals surface area (Å²) < 4.78 is 13.3. The first-order chi connectivity index (χ1) is 25.3. The van der Waals surface area contributed by atoms with E-state index in [0.29, 0.717) is 0 Å². The SMILES string of the molecule is c1ccc2c(c1)Oc1cc(-c3ccc(-c4ccc(-c5cccc6c5ccc5ccccc56)cc4)o3)ccc1C21c2ccccc2-c2ccccc21. The maximum absolute atomic E-state index is 6.72. The van der Waals surface area contributed by atoms with Crippen LogP contribution in [0, 0.1) is 0 Å². The van der Waals surface area contributed by atoms with Gasteiger partial charge in [0.15, 0.2) is 0 Å². The van der Waals surface area contributed by atoms with Gasteiger partial charge in [-0.2, -0.15) is 0 Å². The highest BCUT2D eigenvalue weighted by Crippen LogP contribution is 2.62. The van der Waals surface area contributed by atoms with Crippen molar-refractivity contribution in [2.24, 2.45) is 0 Å². The monoisotopic (exact) mass is 650 g/mol. The summed E-state index contributed by atoms with van der Waals surface area (Å²) >= 11 is 0. The molecule has 8 aromatic carbocycles. The molecule has 2 heterocycles. The number of ether oxygens (including phenoxy) is 1. The highest BCUT2D eigenvalue weighted by molar-refractivity contribution is 6.12. The topological polar surface area (TPSA) is 22.4 Å². The van der Waals surface area contributed by atoms with Crippen LogP contribution in [0.25, 0.3) is 66.4 Å². The number of fused-ring (bicyclic) bond motifs is 12. The van der Waals surface area contributed by atoms with Gasteiger partial charge in [-0.05, 0) is 79.2 Å². The Balaban J connectivity index is 0.974. The molecule has 11 rings (SSSR count). The summed E-state index contributed by atoms with van der Waals surface area (Å²) in [6.45, 7) is 0. The van der Waals surface area contributed by atoms with Crippen LogP contribution in [0.1, 0.15) is 22.3 Å². The van der Waals surface area contributed by atoms with E-state index in [2.05, 4.69) is 182 Å². The smallest absolute Gasteiger partial charge is 0.134 e. The number of furan rings is 1. The largest absolute Gasteiger partial charge is 0.457 e. The Morgan fingerprint density at radius 1 is 0.333 bits per heavy atom. The molecule has 238 valence electrons. The molecule has 0 atom stereocenters. The third-order valence-corrected chi connectivity index (χ3v) is 11.0. The van der Waals surface area contributed by atoms with E-state index in [-0.39, 0.29) is 0 Å². The minimum atomic E-state index is -0.469. The average Bonchev–Trinajstić information content (AvgIpc) is 3.81. The van der Waals surface area contributed by atoms with Gasteiger partial charge in [-0.3, -0.25) is 0 Å². The van der Waals surface area contributed by atoms with Gasteiger partial charge < -0.3 is 9.15 Å². The van der Waals surface area contributed by atoms with E-state index >= 15 is 0 Å². The summed E-state index contributed by atoms with van der Waals surface area (Å²) in [7, 11) is 0. The maximum Gasteiger partial charge on any atom is 0.134 e. The molecule has 1 spiro atoms. The number of hydrogen-bond acceptors (Lipinski definition) is 2. The molecule has 0 saturated heterocycles. The Morgan fingerprint density at radius 2 is 0.922 bits per heavy atom. The molecule has 2 aliphatic rings. The molecule has 0 amide bonds. The number of para-hydroxylation sites is 1. The molecule has 1 aliphatic carbocycles. The van der Waals surface area contributed by atoms with Gasteiger partial charge in [0.25, 0.3) is 0 Å². The minimum absolute atomic E-state index is 0.469. The minimum Gasteiger partial charge on any atom is -0.457 e. The van der Waals surface area contributed by atoms with Crippen LogP contribution < -0.4 is 4.74 Å². The summed E-state index contributed by atoms with van der Waals surface area (Å²) in [6, 6.07) is 65.1. The van der Waals surface area contributed by atoms with Gasteiger partial charge in [0, 0.05) is 22.3 Å². The van der Waals surface area contributed by atoms with Crippen LogP contribution in [0.4, 0.5) is 0 Å². The number of rotatable bonds is 3. The first-order valence-electron chi connectivity index (χ1n) is 17.5. The lowest BCUT2D eigenvalue weighted by Crippen LogP contribution is -2.32. The molecule has 2 nitrogen and oxygen atoms in total. The van der Waals surface area contributed by atoms with E-state index in [1.165, 1.54) is 60.5 Å². The van der Waals surface area contributed by atoms with Crippen molar-refractivity contribution < 1.29 is 9.15 Å². The average molecular weight is 651 g/mol. The standard InChI is InChI=1S/C49H30O2/c1-2-11-35-31(10-1)24-26-38-36(14-9-15-37(35)38)32-20-22-33(23-21-32)45-28-29-46(50-45)34-25-27-44-48(30-34)51-47-19-8-7-18-43(47)49(44)41-16-5-3-12-39(41)40-13-4-6-17-42(40)49/h1-30H. The molecular formula is C49H30O2. The predicted octanol–water partition coefficient (Wildman–Crippen LogP) is 13.1. The lowest BCUT2D eigenvalue weighted by Gasteiger charge is -2.39. The highest BCUT2D eigenvalue weighted by atomic mass is 16.5. The van der Waals surface area contributed by atoms with Crippen molar-refractivity contribution in [2.75, 3.05) is 0 Å². The van der Waals surface area contributed by atoms with E-state index < -0.39 is 5.41 Å². The molecule has 0 radical (unpaired) electrons. The van der Waals surface area contributed by atoms with E-state index in [0.717, 1.165) is 39.7 Å². The summed E-state index contributed by atoms with van der Waals surface area (Å²) in [5.41, 5.74) is 11.4.